The average Bonchev–Trinajstić information content (AvgIpc) is 3.61. The van der Waals surface area contributed by atoms with Crippen LogP contribution in [0.4, 0.5) is 5.13 Å². The lowest BCUT2D eigenvalue weighted by Crippen LogP contribution is -2.44. The predicted molar refractivity (Wildman–Crippen MR) is 161 cm³/mol. The first-order chi connectivity index (χ1) is 19.0. The third-order valence-corrected chi connectivity index (χ3v) is 9.72. The number of amides is 2. The van der Waals surface area contributed by atoms with E-state index in [-0.39, 0.29) is 11.8 Å². The van der Waals surface area contributed by atoms with Gasteiger partial charge in [-0.1, -0.05) is 42.5 Å². The summed E-state index contributed by atoms with van der Waals surface area (Å²) in [5.74, 6) is 0.172. The highest BCUT2D eigenvalue weighted by molar-refractivity contribution is 7.27. The van der Waals surface area contributed by atoms with Gasteiger partial charge in [-0.25, -0.2) is 9.97 Å². The number of anilines is 1. The number of thiazole rings is 2. The maximum absolute atomic E-state index is 13.8. The van der Waals surface area contributed by atoms with Crippen molar-refractivity contribution in [2.45, 2.75) is 31.2 Å². The third-order valence-electron chi connectivity index (χ3n) is 7.54. The van der Waals surface area contributed by atoms with Gasteiger partial charge in [0.15, 0.2) is 5.13 Å². The van der Waals surface area contributed by atoms with Gasteiger partial charge in [0.05, 0.1) is 5.69 Å². The van der Waals surface area contributed by atoms with Gasteiger partial charge in [-0.05, 0) is 61.4 Å². The van der Waals surface area contributed by atoms with E-state index in [2.05, 4.69) is 55.8 Å². The quantitative estimate of drug-likeness (QED) is 0.329. The van der Waals surface area contributed by atoms with Crippen LogP contribution in [0.25, 0.3) is 10.6 Å². The summed E-state index contributed by atoms with van der Waals surface area (Å²) in [7, 11) is 4.85. The van der Waals surface area contributed by atoms with Crippen LogP contribution in [-0.4, -0.2) is 58.3 Å². The summed E-state index contributed by atoms with van der Waals surface area (Å²) in [6, 6.07) is 15.6. The fourth-order valence-corrected chi connectivity index (χ4v) is 7.33. The summed E-state index contributed by atoms with van der Waals surface area (Å²) in [6.07, 6.45) is 4.62. The molecule has 4 heterocycles. The van der Waals surface area contributed by atoms with E-state index in [1.165, 1.54) is 41.1 Å². The number of rotatable bonds is 6. The number of carbonyl (C=O) groups is 2. The molecule has 4 aromatic rings. The second kappa shape index (κ2) is 11.3. The molecule has 0 saturated carbocycles. The van der Waals surface area contributed by atoms with Crippen LogP contribution < -0.4 is 10.6 Å². The third kappa shape index (κ3) is 5.54. The van der Waals surface area contributed by atoms with Crippen molar-refractivity contribution >= 4 is 54.2 Å². The lowest BCUT2D eigenvalue weighted by atomic mass is 9.89. The number of nitrogens with zero attached hydrogens (tertiary/aromatic N) is 4. The van der Waals surface area contributed by atoms with Crippen LogP contribution in [0.2, 0.25) is 0 Å². The van der Waals surface area contributed by atoms with Gasteiger partial charge in [-0.15, -0.1) is 31.9 Å². The molecule has 2 aromatic carbocycles. The van der Waals surface area contributed by atoms with Crippen LogP contribution in [-0.2, 0) is 11.2 Å². The molecule has 2 atom stereocenters. The number of hydrogen-bond acceptors (Lipinski definition) is 7. The fraction of sp³-hybridized carbons (Fsp3) is 0.310. The maximum atomic E-state index is 13.8. The molecule has 2 aliphatic heterocycles. The zero-order valence-corrected chi connectivity index (χ0v) is 24.5. The molecule has 1 saturated heterocycles. The van der Waals surface area contributed by atoms with E-state index in [9.17, 15) is 9.59 Å². The first kappa shape index (κ1) is 26.3. The Balaban J connectivity index is 1.25. The zero-order valence-electron chi connectivity index (χ0n) is 21.7. The summed E-state index contributed by atoms with van der Waals surface area (Å²) in [5.41, 5.74) is 3.98. The van der Waals surface area contributed by atoms with Gasteiger partial charge in [0.25, 0.3) is 11.8 Å². The first-order valence-electron chi connectivity index (χ1n) is 13.1. The molecule has 7 nitrogen and oxygen atoms in total. The normalized spacial score (nSPS) is 17.2. The summed E-state index contributed by atoms with van der Waals surface area (Å²) in [5, 5.41) is 7.03. The molecular formula is C29H30N5O2PS2. The number of fused-ring (bicyclic) bond motifs is 1. The van der Waals surface area contributed by atoms with Crippen LogP contribution in [0.3, 0.4) is 0 Å². The summed E-state index contributed by atoms with van der Waals surface area (Å²) in [6.45, 7) is 2.68. The Bertz CT molecular complexity index is 1480. The van der Waals surface area contributed by atoms with E-state index >= 15 is 0 Å². The van der Waals surface area contributed by atoms with Gasteiger partial charge >= 0.3 is 0 Å². The molecule has 2 aliphatic rings. The molecule has 1 N–H and O–H groups in total. The highest BCUT2D eigenvalue weighted by Gasteiger charge is 2.37. The van der Waals surface area contributed by atoms with Crippen molar-refractivity contribution in [2.75, 3.05) is 32.0 Å². The van der Waals surface area contributed by atoms with Crippen molar-refractivity contribution in [1.29, 1.82) is 0 Å². The molecule has 2 amide bonds. The largest absolute Gasteiger partial charge is 0.321 e. The highest BCUT2D eigenvalue weighted by Crippen LogP contribution is 2.36. The minimum atomic E-state index is -0.769. The number of hydrogen-bond donors (Lipinski definition) is 1. The number of carbonyl (C=O) groups excluding carboxylic acids is 2. The van der Waals surface area contributed by atoms with E-state index in [1.54, 1.807) is 11.1 Å². The predicted octanol–water partition coefficient (Wildman–Crippen LogP) is 4.95. The molecule has 2 unspecified atom stereocenters. The molecule has 0 radical (unpaired) electrons. The van der Waals surface area contributed by atoms with E-state index < -0.39 is 6.04 Å². The minimum Gasteiger partial charge on any atom is -0.321 e. The van der Waals surface area contributed by atoms with Crippen molar-refractivity contribution < 1.29 is 9.59 Å². The molecule has 200 valence electrons. The van der Waals surface area contributed by atoms with Crippen LogP contribution >= 0.6 is 31.9 Å². The zero-order chi connectivity index (χ0) is 26.9. The number of aromatic nitrogens is 2. The minimum absolute atomic E-state index is 0.156. The van der Waals surface area contributed by atoms with Crippen LogP contribution in [0.15, 0.2) is 60.1 Å². The SMILES string of the molecule is CN1CCC(c2ccc(-c3nc4c(s3)C(=O)N(C(C(=O)Nc3nccs3)c3cccc(P)c3)CC4)cc2)CC1. The Morgan fingerprint density at radius 3 is 2.64 bits per heavy atom. The summed E-state index contributed by atoms with van der Waals surface area (Å²) in [4.78, 5) is 41.1. The van der Waals surface area contributed by atoms with Gasteiger partial charge in [0.2, 0.25) is 0 Å². The molecular weight excluding hydrogens is 545 g/mol. The van der Waals surface area contributed by atoms with E-state index in [0.29, 0.717) is 28.9 Å². The van der Waals surface area contributed by atoms with Crippen molar-refractivity contribution in [1.82, 2.24) is 19.8 Å². The smallest absolute Gasteiger partial charge is 0.266 e. The molecule has 0 bridgehead atoms. The van der Waals surface area contributed by atoms with Gasteiger partial charge in [0, 0.05) is 30.1 Å². The molecule has 0 spiro atoms. The molecule has 10 heteroatoms. The number of likely N-dealkylation sites (tertiary alicyclic amines) is 1. The van der Waals surface area contributed by atoms with Gasteiger partial charge in [0.1, 0.15) is 15.9 Å². The standard InChI is InChI=1S/C29H30N5O2PS2/c1-33-13-9-19(10-14-33)18-5-7-20(8-6-18)27-31-23-11-15-34(28(36)25(23)39-27)24(21-3-2-4-22(37)17-21)26(35)32-29-30-12-16-38-29/h2-8,12,16-17,19,24H,9-11,13-15,37H2,1H3,(H,30,32,35). The molecule has 39 heavy (non-hydrogen) atoms. The fourth-order valence-electron chi connectivity index (χ4n) is 5.42. The Morgan fingerprint density at radius 1 is 1.13 bits per heavy atom. The highest BCUT2D eigenvalue weighted by atomic mass is 32.1. The Morgan fingerprint density at radius 2 is 1.92 bits per heavy atom. The number of benzene rings is 2. The second-order valence-electron chi connectivity index (χ2n) is 10.1. The number of nitrogens with one attached hydrogen (secondary N) is 1. The van der Waals surface area contributed by atoms with Crippen molar-refractivity contribution in [3.05, 3.63) is 81.8 Å². The Labute approximate surface area is 238 Å². The summed E-state index contributed by atoms with van der Waals surface area (Å²) < 4.78 is 0. The first-order valence-corrected chi connectivity index (χ1v) is 15.4. The topological polar surface area (TPSA) is 78.4 Å². The lowest BCUT2D eigenvalue weighted by molar-refractivity contribution is -0.120. The van der Waals surface area contributed by atoms with Crippen molar-refractivity contribution in [3.63, 3.8) is 0 Å². The molecule has 0 aliphatic carbocycles. The molecule has 2 aromatic heterocycles. The van der Waals surface area contributed by atoms with E-state index in [0.717, 1.165) is 40.2 Å². The number of piperidine rings is 1. The van der Waals surface area contributed by atoms with Crippen molar-refractivity contribution in [3.8, 4) is 10.6 Å². The van der Waals surface area contributed by atoms with Crippen molar-refractivity contribution in [2.24, 2.45) is 0 Å². The van der Waals surface area contributed by atoms with E-state index in [1.807, 2.05) is 29.6 Å². The molecule has 1 fully saturated rings. The van der Waals surface area contributed by atoms with Gasteiger partial charge < -0.3 is 9.80 Å². The van der Waals surface area contributed by atoms with E-state index in [4.69, 9.17) is 4.98 Å². The van der Waals surface area contributed by atoms with Crippen LogP contribution in [0, 0.1) is 0 Å². The monoisotopic (exact) mass is 575 g/mol. The average molecular weight is 576 g/mol. The summed E-state index contributed by atoms with van der Waals surface area (Å²) >= 11 is 2.77. The Kier molecular flexibility index (Phi) is 7.58. The maximum Gasteiger partial charge on any atom is 0.266 e. The molecule has 6 rings (SSSR count). The van der Waals surface area contributed by atoms with Crippen LogP contribution in [0.5, 0.6) is 0 Å². The van der Waals surface area contributed by atoms with Gasteiger partial charge in [-0.3, -0.25) is 14.9 Å². The Hall–Kier alpha value is -2.97. The second-order valence-corrected chi connectivity index (χ2v) is 12.7. The van der Waals surface area contributed by atoms with Gasteiger partial charge in [-0.2, -0.15) is 0 Å². The lowest BCUT2D eigenvalue weighted by Gasteiger charge is -2.33. The van der Waals surface area contributed by atoms with Crippen LogP contribution in [0.1, 0.15) is 51.3 Å².